The molecule has 5 rings (SSSR count). The van der Waals surface area contributed by atoms with E-state index >= 15 is 0 Å². The maximum absolute atomic E-state index is 13.3. The fourth-order valence-electron chi connectivity index (χ4n) is 5.11. The van der Waals surface area contributed by atoms with Gasteiger partial charge >= 0.3 is 0 Å². The van der Waals surface area contributed by atoms with Crippen molar-refractivity contribution in [3.63, 3.8) is 0 Å². The van der Waals surface area contributed by atoms with Crippen LogP contribution in [0.25, 0.3) is 16.9 Å². The van der Waals surface area contributed by atoms with Crippen LogP contribution in [0, 0.1) is 11.8 Å². The van der Waals surface area contributed by atoms with Crippen LogP contribution in [0.1, 0.15) is 43.0 Å². The van der Waals surface area contributed by atoms with Crippen molar-refractivity contribution in [2.24, 2.45) is 11.8 Å². The van der Waals surface area contributed by atoms with Gasteiger partial charge < -0.3 is 9.80 Å². The van der Waals surface area contributed by atoms with Gasteiger partial charge in [0.25, 0.3) is 5.91 Å². The lowest BCUT2D eigenvalue weighted by atomic mass is 9.92. The zero-order valence-corrected chi connectivity index (χ0v) is 19.8. The van der Waals surface area contributed by atoms with Crippen molar-refractivity contribution < 1.29 is 9.59 Å². The first kappa shape index (κ1) is 22.4. The van der Waals surface area contributed by atoms with Crippen molar-refractivity contribution in [1.29, 1.82) is 0 Å². The second-order valence-electron chi connectivity index (χ2n) is 9.62. The van der Waals surface area contributed by atoms with Crippen molar-refractivity contribution in [3.8, 4) is 16.9 Å². The summed E-state index contributed by atoms with van der Waals surface area (Å²) in [6.07, 6.45) is 5.46. The number of hydrogen-bond acceptors (Lipinski definition) is 3. The lowest BCUT2D eigenvalue weighted by Crippen LogP contribution is -2.46. The van der Waals surface area contributed by atoms with E-state index < -0.39 is 0 Å². The fourth-order valence-corrected chi connectivity index (χ4v) is 5.11. The molecule has 6 nitrogen and oxygen atoms in total. The molecular formula is C28H32N4O2. The van der Waals surface area contributed by atoms with Gasteiger partial charge in [-0.05, 0) is 55.9 Å². The molecule has 0 spiro atoms. The van der Waals surface area contributed by atoms with Gasteiger partial charge in [-0.25, -0.2) is 4.68 Å². The molecule has 3 aromatic rings. The van der Waals surface area contributed by atoms with E-state index in [-0.39, 0.29) is 17.7 Å². The molecule has 6 heteroatoms. The highest BCUT2D eigenvalue weighted by molar-refractivity contribution is 5.95. The molecule has 3 heterocycles. The van der Waals surface area contributed by atoms with Crippen LogP contribution in [0.2, 0.25) is 0 Å². The van der Waals surface area contributed by atoms with Crippen LogP contribution in [0.15, 0.2) is 66.9 Å². The molecule has 176 valence electrons. The van der Waals surface area contributed by atoms with Crippen LogP contribution in [-0.2, 0) is 4.79 Å². The first-order valence-corrected chi connectivity index (χ1v) is 12.4. The third kappa shape index (κ3) is 4.63. The zero-order valence-electron chi connectivity index (χ0n) is 19.8. The van der Waals surface area contributed by atoms with Crippen molar-refractivity contribution in [1.82, 2.24) is 19.6 Å². The SMILES string of the molecule is CC1CCN(C(=O)C2CCN(C(=O)c3cccc(-n4nccc4-c4ccccc4)c3)CC2)CC1. The maximum atomic E-state index is 13.3. The molecule has 2 aromatic carbocycles. The average molecular weight is 457 g/mol. The summed E-state index contributed by atoms with van der Waals surface area (Å²) in [5, 5.41) is 4.50. The minimum atomic E-state index is 0.0213. The lowest BCUT2D eigenvalue weighted by molar-refractivity contribution is -0.138. The second kappa shape index (κ2) is 9.84. The van der Waals surface area contributed by atoms with Crippen LogP contribution >= 0.6 is 0 Å². The molecule has 0 atom stereocenters. The summed E-state index contributed by atoms with van der Waals surface area (Å²) in [5.41, 5.74) is 3.57. The Kier molecular flexibility index (Phi) is 6.48. The Hall–Kier alpha value is -3.41. The van der Waals surface area contributed by atoms with Crippen molar-refractivity contribution in [3.05, 3.63) is 72.4 Å². The summed E-state index contributed by atoms with van der Waals surface area (Å²) in [6, 6.07) is 19.8. The van der Waals surface area contributed by atoms with E-state index in [4.69, 9.17) is 0 Å². The second-order valence-corrected chi connectivity index (χ2v) is 9.62. The molecule has 0 unspecified atom stereocenters. The van der Waals surface area contributed by atoms with Crippen LogP contribution in [0.5, 0.6) is 0 Å². The molecule has 0 aliphatic carbocycles. The average Bonchev–Trinajstić information content (AvgIpc) is 3.39. The number of nitrogens with zero attached hydrogens (tertiary/aromatic N) is 4. The summed E-state index contributed by atoms with van der Waals surface area (Å²) in [4.78, 5) is 30.2. The molecule has 2 fully saturated rings. The molecule has 2 aliphatic rings. The molecule has 1 aromatic heterocycles. The fraction of sp³-hybridized carbons (Fsp3) is 0.393. The molecule has 2 aliphatic heterocycles. The van der Waals surface area contributed by atoms with Gasteiger partial charge in [0, 0.05) is 43.2 Å². The minimum absolute atomic E-state index is 0.0213. The first-order chi connectivity index (χ1) is 16.6. The van der Waals surface area contributed by atoms with E-state index in [2.05, 4.69) is 24.2 Å². The van der Waals surface area contributed by atoms with Gasteiger partial charge in [0.15, 0.2) is 0 Å². The van der Waals surface area contributed by atoms with Crippen molar-refractivity contribution in [2.75, 3.05) is 26.2 Å². The predicted molar refractivity (Wildman–Crippen MR) is 133 cm³/mol. The minimum Gasteiger partial charge on any atom is -0.342 e. The van der Waals surface area contributed by atoms with Gasteiger partial charge in [0.1, 0.15) is 0 Å². The monoisotopic (exact) mass is 456 g/mol. The number of carbonyl (C=O) groups is 2. The van der Waals surface area contributed by atoms with E-state index in [1.54, 1.807) is 6.20 Å². The van der Waals surface area contributed by atoms with Gasteiger partial charge in [0.2, 0.25) is 5.91 Å². The van der Waals surface area contributed by atoms with Crippen molar-refractivity contribution in [2.45, 2.75) is 32.6 Å². The van der Waals surface area contributed by atoms with Gasteiger partial charge in [0.05, 0.1) is 17.6 Å². The van der Waals surface area contributed by atoms with Crippen molar-refractivity contribution >= 4 is 11.8 Å². The molecule has 0 saturated carbocycles. The number of aromatic nitrogens is 2. The molecule has 34 heavy (non-hydrogen) atoms. The van der Waals surface area contributed by atoms with E-state index in [0.29, 0.717) is 24.6 Å². The normalized spacial score (nSPS) is 17.7. The Balaban J connectivity index is 1.25. The summed E-state index contributed by atoms with van der Waals surface area (Å²) in [7, 11) is 0. The summed E-state index contributed by atoms with van der Waals surface area (Å²) in [6.45, 7) is 5.27. The van der Waals surface area contributed by atoms with E-state index in [1.807, 2.05) is 63.0 Å². The lowest BCUT2D eigenvalue weighted by Gasteiger charge is -2.36. The number of carbonyl (C=O) groups excluding carboxylic acids is 2. The quantitative estimate of drug-likeness (QED) is 0.574. The highest BCUT2D eigenvalue weighted by Crippen LogP contribution is 2.26. The highest BCUT2D eigenvalue weighted by atomic mass is 16.2. The van der Waals surface area contributed by atoms with Crippen LogP contribution in [0.4, 0.5) is 0 Å². The van der Waals surface area contributed by atoms with Gasteiger partial charge in [-0.1, -0.05) is 43.3 Å². The smallest absolute Gasteiger partial charge is 0.253 e. The first-order valence-electron chi connectivity index (χ1n) is 12.4. The third-order valence-electron chi connectivity index (χ3n) is 7.28. The van der Waals surface area contributed by atoms with E-state index in [1.165, 1.54) is 0 Å². The number of likely N-dealkylation sites (tertiary alicyclic amines) is 2. The summed E-state index contributed by atoms with van der Waals surface area (Å²) >= 11 is 0. The standard InChI is InChI=1S/C28H32N4O2/c1-21-11-16-30(17-12-21)27(33)23-13-18-31(19-14-23)28(34)24-8-5-9-25(20-24)32-26(10-15-29-32)22-6-3-2-4-7-22/h2-10,15,20-21,23H,11-14,16-19H2,1H3. The highest BCUT2D eigenvalue weighted by Gasteiger charge is 2.31. The molecule has 0 N–H and O–H groups in total. The molecule has 0 bridgehead atoms. The van der Waals surface area contributed by atoms with E-state index in [0.717, 1.165) is 55.7 Å². The Morgan fingerprint density at radius 3 is 2.26 bits per heavy atom. The largest absolute Gasteiger partial charge is 0.342 e. The molecular weight excluding hydrogens is 424 g/mol. The number of hydrogen-bond donors (Lipinski definition) is 0. The number of rotatable bonds is 4. The maximum Gasteiger partial charge on any atom is 0.253 e. The van der Waals surface area contributed by atoms with Gasteiger partial charge in [-0.3, -0.25) is 9.59 Å². The van der Waals surface area contributed by atoms with Gasteiger partial charge in [-0.15, -0.1) is 0 Å². The molecule has 2 saturated heterocycles. The van der Waals surface area contributed by atoms with Crippen LogP contribution in [-0.4, -0.2) is 57.6 Å². The third-order valence-corrected chi connectivity index (χ3v) is 7.28. The van der Waals surface area contributed by atoms with E-state index in [9.17, 15) is 9.59 Å². The van der Waals surface area contributed by atoms with Crippen LogP contribution < -0.4 is 0 Å². The number of piperidine rings is 2. The Bertz CT molecular complexity index is 1140. The topological polar surface area (TPSA) is 58.4 Å². The number of amides is 2. The molecule has 2 amide bonds. The molecule has 0 radical (unpaired) electrons. The zero-order chi connectivity index (χ0) is 23.5. The number of benzene rings is 2. The van der Waals surface area contributed by atoms with Gasteiger partial charge in [-0.2, -0.15) is 5.10 Å². The Morgan fingerprint density at radius 2 is 1.53 bits per heavy atom. The summed E-state index contributed by atoms with van der Waals surface area (Å²) in [5.74, 6) is 1.06. The summed E-state index contributed by atoms with van der Waals surface area (Å²) < 4.78 is 1.87. The van der Waals surface area contributed by atoms with Crippen LogP contribution in [0.3, 0.4) is 0 Å². The Labute approximate surface area is 201 Å². The Morgan fingerprint density at radius 1 is 0.824 bits per heavy atom. The predicted octanol–water partition coefficient (Wildman–Crippen LogP) is 4.65.